The highest BCUT2D eigenvalue weighted by molar-refractivity contribution is 6.42. The van der Waals surface area contributed by atoms with Gasteiger partial charge in [0.25, 0.3) is 0 Å². The van der Waals surface area contributed by atoms with Crippen LogP contribution < -0.4 is 10.2 Å². The third kappa shape index (κ3) is 5.78. The van der Waals surface area contributed by atoms with E-state index in [4.69, 9.17) is 23.2 Å². The monoisotopic (exact) mass is 406 g/mol. The Hall–Kier alpha value is -1.91. The molecule has 2 aromatic carbocycles. The Morgan fingerprint density at radius 3 is 2.78 bits per heavy atom. The molecule has 144 valence electrons. The summed E-state index contributed by atoms with van der Waals surface area (Å²) in [5.74, 6) is 0.393. The first kappa shape index (κ1) is 19.8. The fourth-order valence-corrected chi connectivity index (χ4v) is 3.71. The molecule has 1 heterocycles. The second-order valence-corrected chi connectivity index (χ2v) is 7.79. The van der Waals surface area contributed by atoms with E-state index in [-0.39, 0.29) is 17.7 Å². The molecule has 1 amide bonds. The Bertz CT molecular complexity index is 798. The van der Waals surface area contributed by atoms with Gasteiger partial charge in [0.2, 0.25) is 5.91 Å². The van der Waals surface area contributed by atoms with Crippen molar-refractivity contribution in [2.45, 2.75) is 38.1 Å². The smallest absolute Gasteiger partial charge is 0.220 e. The number of halogens is 2. The number of nitrogens with one attached hydrogen (secondary N) is 1. The Labute approximate surface area is 170 Å². The molecule has 1 aliphatic heterocycles. The van der Waals surface area contributed by atoms with E-state index in [1.807, 2.05) is 24.3 Å². The zero-order valence-corrected chi connectivity index (χ0v) is 16.6. The number of hydrogen-bond acceptors (Lipinski definition) is 3. The molecule has 1 atom stereocenters. The van der Waals surface area contributed by atoms with Crippen LogP contribution in [0.25, 0.3) is 0 Å². The third-order valence-electron chi connectivity index (χ3n) is 4.85. The lowest BCUT2D eigenvalue weighted by Crippen LogP contribution is -2.37. The highest BCUT2D eigenvalue weighted by Crippen LogP contribution is 2.29. The van der Waals surface area contributed by atoms with Gasteiger partial charge in [-0.3, -0.25) is 4.79 Å². The molecular formula is C21H24Cl2N2O2. The summed E-state index contributed by atoms with van der Waals surface area (Å²) in [5.41, 5.74) is 2.13. The number of aryl methyl sites for hydroxylation is 1. The molecule has 27 heavy (non-hydrogen) atoms. The standard InChI is InChI=1S/C21H24Cl2N2O2/c22-19-9-8-17(13-20(19)23)25-11-10-16(14-25)24-21(27)7-2-1-4-15-5-3-6-18(26)12-15/h3,5-6,8-9,12-13,16,26H,1-2,4,7,10-11,14H2,(H,24,27). The summed E-state index contributed by atoms with van der Waals surface area (Å²) in [6.07, 6.45) is 4.09. The number of phenols is 1. The van der Waals surface area contributed by atoms with Gasteiger partial charge in [0.1, 0.15) is 5.75 Å². The number of unbranched alkanes of at least 4 members (excludes halogenated alkanes) is 1. The summed E-state index contributed by atoms with van der Waals surface area (Å²) in [4.78, 5) is 14.4. The first-order valence-electron chi connectivity index (χ1n) is 9.28. The fourth-order valence-electron chi connectivity index (χ4n) is 3.42. The second kappa shape index (κ2) is 9.34. The van der Waals surface area contributed by atoms with Gasteiger partial charge in [-0.1, -0.05) is 35.3 Å². The molecule has 1 saturated heterocycles. The summed E-state index contributed by atoms with van der Waals surface area (Å²) in [6.45, 7) is 1.67. The summed E-state index contributed by atoms with van der Waals surface area (Å²) >= 11 is 12.1. The molecule has 6 heteroatoms. The summed E-state index contributed by atoms with van der Waals surface area (Å²) < 4.78 is 0. The minimum Gasteiger partial charge on any atom is -0.508 e. The average molecular weight is 407 g/mol. The number of phenolic OH excluding ortho intramolecular Hbond substituents is 1. The maximum atomic E-state index is 12.2. The first-order valence-corrected chi connectivity index (χ1v) is 10.0. The molecule has 1 aliphatic rings. The fraction of sp³-hybridized carbons (Fsp3) is 0.381. The van der Waals surface area contributed by atoms with Gasteiger partial charge in [-0.15, -0.1) is 0 Å². The molecule has 0 aromatic heterocycles. The van der Waals surface area contributed by atoms with Crippen LogP contribution in [-0.2, 0) is 11.2 Å². The first-order chi connectivity index (χ1) is 13.0. The number of hydrogen-bond donors (Lipinski definition) is 2. The van der Waals surface area contributed by atoms with Crippen molar-refractivity contribution in [3.63, 3.8) is 0 Å². The number of carbonyl (C=O) groups excluding carboxylic acids is 1. The van der Waals surface area contributed by atoms with Crippen LogP contribution in [-0.4, -0.2) is 30.1 Å². The van der Waals surface area contributed by atoms with E-state index in [2.05, 4.69) is 10.2 Å². The van der Waals surface area contributed by atoms with Crippen LogP contribution in [0.5, 0.6) is 5.75 Å². The lowest BCUT2D eigenvalue weighted by atomic mass is 10.1. The zero-order valence-electron chi connectivity index (χ0n) is 15.1. The van der Waals surface area contributed by atoms with Crippen LogP contribution in [0, 0.1) is 0 Å². The number of amides is 1. The minimum absolute atomic E-state index is 0.104. The summed E-state index contributed by atoms with van der Waals surface area (Å²) in [7, 11) is 0. The lowest BCUT2D eigenvalue weighted by Gasteiger charge is -2.19. The molecule has 0 saturated carbocycles. The molecule has 2 aromatic rings. The van der Waals surface area contributed by atoms with Crippen molar-refractivity contribution in [3.05, 3.63) is 58.1 Å². The number of carbonyl (C=O) groups is 1. The molecule has 4 nitrogen and oxygen atoms in total. The largest absolute Gasteiger partial charge is 0.508 e. The van der Waals surface area contributed by atoms with E-state index in [0.717, 1.165) is 50.0 Å². The van der Waals surface area contributed by atoms with Gasteiger partial charge < -0.3 is 15.3 Å². The van der Waals surface area contributed by atoms with Crippen LogP contribution in [0.3, 0.4) is 0 Å². The number of benzene rings is 2. The van der Waals surface area contributed by atoms with Gasteiger partial charge in [-0.25, -0.2) is 0 Å². The Morgan fingerprint density at radius 1 is 1.15 bits per heavy atom. The number of aromatic hydroxyl groups is 1. The molecule has 0 aliphatic carbocycles. The van der Waals surface area contributed by atoms with Crippen molar-refractivity contribution in [1.29, 1.82) is 0 Å². The van der Waals surface area contributed by atoms with Crippen molar-refractivity contribution in [3.8, 4) is 5.75 Å². The van der Waals surface area contributed by atoms with Crippen molar-refractivity contribution in [2.75, 3.05) is 18.0 Å². The summed E-state index contributed by atoms with van der Waals surface area (Å²) in [5, 5.41) is 13.7. The maximum Gasteiger partial charge on any atom is 0.220 e. The third-order valence-corrected chi connectivity index (χ3v) is 5.59. The van der Waals surface area contributed by atoms with Crippen molar-refractivity contribution >= 4 is 34.8 Å². The van der Waals surface area contributed by atoms with Gasteiger partial charge in [0.05, 0.1) is 10.0 Å². The topological polar surface area (TPSA) is 52.6 Å². The predicted octanol–water partition coefficient (Wildman–Crippen LogP) is 4.81. The van der Waals surface area contributed by atoms with Gasteiger partial charge in [-0.2, -0.15) is 0 Å². The molecule has 0 bridgehead atoms. The quantitative estimate of drug-likeness (QED) is 0.648. The van der Waals surface area contributed by atoms with Gasteiger partial charge in [0, 0.05) is 31.2 Å². The second-order valence-electron chi connectivity index (χ2n) is 6.97. The molecule has 0 radical (unpaired) electrons. The number of nitrogens with zero attached hydrogens (tertiary/aromatic N) is 1. The molecule has 0 spiro atoms. The van der Waals surface area contributed by atoms with E-state index < -0.39 is 0 Å². The van der Waals surface area contributed by atoms with E-state index in [1.165, 1.54) is 0 Å². The normalized spacial score (nSPS) is 16.5. The number of rotatable bonds is 7. The molecule has 3 rings (SSSR count). The van der Waals surface area contributed by atoms with Gasteiger partial charge in [-0.05, 0) is 61.6 Å². The lowest BCUT2D eigenvalue weighted by molar-refractivity contribution is -0.121. The van der Waals surface area contributed by atoms with Crippen molar-refractivity contribution < 1.29 is 9.90 Å². The minimum atomic E-state index is 0.104. The number of anilines is 1. The Morgan fingerprint density at radius 2 is 2.00 bits per heavy atom. The zero-order chi connectivity index (χ0) is 19.2. The Kier molecular flexibility index (Phi) is 6.86. The Balaban J connectivity index is 1.38. The highest BCUT2D eigenvalue weighted by Gasteiger charge is 2.24. The molecule has 1 unspecified atom stereocenters. The van der Waals surface area contributed by atoms with Crippen LogP contribution in [0.15, 0.2) is 42.5 Å². The van der Waals surface area contributed by atoms with Crippen LogP contribution in [0.2, 0.25) is 10.0 Å². The SMILES string of the molecule is O=C(CCCCc1cccc(O)c1)NC1CCN(c2ccc(Cl)c(Cl)c2)C1. The van der Waals surface area contributed by atoms with Crippen LogP contribution in [0.4, 0.5) is 5.69 Å². The van der Waals surface area contributed by atoms with E-state index in [9.17, 15) is 9.90 Å². The van der Waals surface area contributed by atoms with Crippen LogP contribution >= 0.6 is 23.2 Å². The van der Waals surface area contributed by atoms with Gasteiger partial charge in [0.15, 0.2) is 0 Å². The highest BCUT2D eigenvalue weighted by atomic mass is 35.5. The van der Waals surface area contributed by atoms with E-state index >= 15 is 0 Å². The van der Waals surface area contributed by atoms with Crippen molar-refractivity contribution in [1.82, 2.24) is 5.32 Å². The van der Waals surface area contributed by atoms with E-state index in [0.29, 0.717) is 16.5 Å². The van der Waals surface area contributed by atoms with E-state index in [1.54, 1.807) is 18.2 Å². The average Bonchev–Trinajstić information content (AvgIpc) is 3.09. The summed E-state index contributed by atoms with van der Waals surface area (Å²) in [6, 6.07) is 13.1. The molecule has 2 N–H and O–H groups in total. The van der Waals surface area contributed by atoms with Crippen molar-refractivity contribution in [2.24, 2.45) is 0 Å². The predicted molar refractivity (Wildman–Crippen MR) is 111 cm³/mol. The molecular weight excluding hydrogens is 383 g/mol. The van der Waals surface area contributed by atoms with Gasteiger partial charge >= 0.3 is 0 Å². The maximum absolute atomic E-state index is 12.2. The van der Waals surface area contributed by atoms with Crippen LogP contribution in [0.1, 0.15) is 31.2 Å². The molecule has 1 fully saturated rings.